The Morgan fingerprint density at radius 3 is 2.78 bits per heavy atom. The van der Waals surface area contributed by atoms with Crippen molar-refractivity contribution < 1.29 is 9.52 Å². The van der Waals surface area contributed by atoms with E-state index in [9.17, 15) is 14.7 Å². The van der Waals surface area contributed by atoms with E-state index in [0.29, 0.717) is 29.5 Å². The number of nitrogens with zero attached hydrogens (tertiary/aromatic N) is 2. The minimum absolute atomic E-state index is 0.0733. The van der Waals surface area contributed by atoms with Gasteiger partial charge in [-0.15, -0.1) is 0 Å². The van der Waals surface area contributed by atoms with Crippen LogP contribution in [0.4, 0.5) is 0 Å². The molecular weight excluding hydrogens is 344 g/mol. The maximum atomic E-state index is 12.2. The van der Waals surface area contributed by atoms with E-state index < -0.39 is 5.63 Å². The molecule has 2 bridgehead atoms. The second kappa shape index (κ2) is 6.09. The van der Waals surface area contributed by atoms with Gasteiger partial charge < -0.3 is 14.1 Å². The first-order valence-corrected chi connectivity index (χ1v) is 9.25. The Morgan fingerprint density at radius 2 is 1.89 bits per heavy atom. The predicted molar refractivity (Wildman–Crippen MR) is 101 cm³/mol. The maximum absolute atomic E-state index is 12.2. The molecule has 0 aliphatic carbocycles. The van der Waals surface area contributed by atoms with Crippen molar-refractivity contribution in [3.8, 4) is 5.75 Å². The Balaban J connectivity index is 1.49. The molecule has 1 aromatic carbocycles. The Morgan fingerprint density at radius 1 is 1.04 bits per heavy atom. The molecule has 5 rings (SSSR count). The average molecular weight is 364 g/mol. The normalized spacial score (nSPS) is 21.9. The van der Waals surface area contributed by atoms with Gasteiger partial charge >= 0.3 is 5.63 Å². The summed E-state index contributed by atoms with van der Waals surface area (Å²) < 4.78 is 7.30. The number of phenolic OH excluding ortho intramolecular Hbond substituents is 1. The summed E-state index contributed by atoms with van der Waals surface area (Å²) in [4.78, 5) is 26.1. The van der Waals surface area contributed by atoms with Gasteiger partial charge in [-0.1, -0.05) is 6.07 Å². The quantitative estimate of drug-likeness (QED) is 0.706. The van der Waals surface area contributed by atoms with Gasteiger partial charge in [0.25, 0.3) is 5.56 Å². The second-order valence-corrected chi connectivity index (χ2v) is 7.63. The number of piperidine rings is 1. The van der Waals surface area contributed by atoms with Gasteiger partial charge in [0.1, 0.15) is 11.3 Å². The third kappa shape index (κ3) is 2.77. The summed E-state index contributed by atoms with van der Waals surface area (Å²) in [5.41, 5.74) is 1.85. The van der Waals surface area contributed by atoms with Gasteiger partial charge in [0, 0.05) is 55.3 Å². The number of rotatable bonds is 2. The lowest BCUT2D eigenvalue weighted by molar-refractivity contribution is 0.113. The Kier molecular flexibility index (Phi) is 3.68. The fraction of sp³-hybridized carbons (Fsp3) is 0.333. The van der Waals surface area contributed by atoms with Gasteiger partial charge in [0.15, 0.2) is 0 Å². The van der Waals surface area contributed by atoms with Crippen LogP contribution < -0.4 is 11.2 Å². The van der Waals surface area contributed by atoms with Crippen LogP contribution in [-0.2, 0) is 13.1 Å². The Hall–Kier alpha value is -2.86. The van der Waals surface area contributed by atoms with E-state index in [1.165, 1.54) is 6.07 Å². The molecule has 4 heterocycles. The first-order valence-electron chi connectivity index (χ1n) is 9.25. The molecule has 3 aromatic rings. The molecule has 1 N–H and O–H groups in total. The molecule has 6 heteroatoms. The highest BCUT2D eigenvalue weighted by Gasteiger charge is 2.34. The fourth-order valence-electron chi connectivity index (χ4n) is 4.68. The lowest BCUT2D eigenvalue weighted by Crippen LogP contribution is -2.46. The van der Waals surface area contributed by atoms with Gasteiger partial charge in [0.2, 0.25) is 0 Å². The van der Waals surface area contributed by atoms with Gasteiger partial charge in [-0.05, 0) is 36.6 Å². The van der Waals surface area contributed by atoms with Crippen LogP contribution in [0.15, 0.2) is 56.5 Å². The van der Waals surface area contributed by atoms with Crippen molar-refractivity contribution in [1.29, 1.82) is 0 Å². The summed E-state index contributed by atoms with van der Waals surface area (Å²) >= 11 is 0. The highest BCUT2D eigenvalue weighted by atomic mass is 16.4. The highest BCUT2D eigenvalue weighted by Crippen LogP contribution is 2.37. The van der Waals surface area contributed by atoms with Gasteiger partial charge in [-0.3, -0.25) is 9.69 Å². The topological polar surface area (TPSA) is 75.7 Å². The Labute approximate surface area is 155 Å². The predicted octanol–water partition coefficient (Wildman–Crippen LogP) is 2.28. The number of hydrogen-bond donors (Lipinski definition) is 1. The lowest BCUT2D eigenvalue weighted by atomic mass is 9.83. The smallest absolute Gasteiger partial charge is 0.336 e. The van der Waals surface area contributed by atoms with Crippen LogP contribution in [0.3, 0.4) is 0 Å². The van der Waals surface area contributed by atoms with Gasteiger partial charge in [0.05, 0.1) is 5.56 Å². The monoisotopic (exact) mass is 364 g/mol. The third-order valence-corrected chi connectivity index (χ3v) is 5.80. The van der Waals surface area contributed by atoms with E-state index in [4.69, 9.17) is 4.42 Å². The van der Waals surface area contributed by atoms with E-state index in [-0.39, 0.29) is 11.3 Å². The molecule has 1 fully saturated rings. The van der Waals surface area contributed by atoms with Crippen LogP contribution >= 0.6 is 0 Å². The van der Waals surface area contributed by atoms with Crippen molar-refractivity contribution in [2.75, 3.05) is 13.1 Å². The summed E-state index contributed by atoms with van der Waals surface area (Å²) in [6.07, 6.45) is 1.08. The molecule has 0 saturated carbocycles. The SMILES string of the molecule is O=c1ccc2ccc(O)c(CN3CC4CC(C3)c3cccc(=O)n3C4)c2o1. The zero-order valence-electron chi connectivity index (χ0n) is 14.8. The summed E-state index contributed by atoms with van der Waals surface area (Å²) in [5.74, 6) is 0.847. The molecular formula is C21H20N2O4. The number of phenols is 1. The van der Waals surface area contributed by atoms with E-state index in [0.717, 1.165) is 37.1 Å². The molecule has 2 atom stereocenters. The molecule has 6 nitrogen and oxygen atoms in total. The summed E-state index contributed by atoms with van der Waals surface area (Å²) in [6.45, 7) is 2.91. The maximum Gasteiger partial charge on any atom is 0.336 e. The van der Waals surface area contributed by atoms with Crippen molar-refractivity contribution >= 4 is 11.0 Å². The summed E-state index contributed by atoms with van der Waals surface area (Å²) in [6, 6.07) is 12.0. The molecule has 2 unspecified atom stereocenters. The molecule has 138 valence electrons. The molecule has 0 spiro atoms. The first kappa shape index (κ1) is 16.3. The molecule has 1 saturated heterocycles. The number of aromatic nitrogens is 1. The second-order valence-electron chi connectivity index (χ2n) is 7.63. The number of fused-ring (bicyclic) bond motifs is 5. The van der Waals surface area contributed by atoms with Crippen molar-refractivity contribution in [3.63, 3.8) is 0 Å². The van der Waals surface area contributed by atoms with Crippen LogP contribution in [0.5, 0.6) is 5.75 Å². The molecule has 27 heavy (non-hydrogen) atoms. The number of aromatic hydroxyl groups is 1. The van der Waals surface area contributed by atoms with E-state index in [1.54, 1.807) is 24.3 Å². The van der Waals surface area contributed by atoms with Crippen molar-refractivity contribution in [2.45, 2.75) is 25.4 Å². The standard InChI is InChI=1S/C21H20N2O4/c24-18-6-4-14-5-7-20(26)27-21(14)16(18)12-22-9-13-8-15(11-22)17-2-1-3-19(25)23(17)10-13/h1-7,13,15,24H,8-12H2. The van der Waals surface area contributed by atoms with Gasteiger partial charge in [-0.25, -0.2) is 4.79 Å². The van der Waals surface area contributed by atoms with Crippen LogP contribution in [0.2, 0.25) is 0 Å². The number of likely N-dealkylation sites (tertiary alicyclic amines) is 1. The molecule has 0 amide bonds. The zero-order valence-corrected chi connectivity index (χ0v) is 14.8. The van der Waals surface area contributed by atoms with Crippen molar-refractivity contribution in [2.24, 2.45) is 5.92 Å². The third-order valence-electron chi connectivity index (χ3n) is 5.80. The van der Waals surface area contributed by atoms with Crippen LogP contribution in [-0.4, -0.2) is 27.7 Å². The van der Waals surface area contributed by atoms with Crippen molar-refractivity contribution in [1.82, 2.24) is 9.47 Å². The van der Waals surface area contributed by atoms with Crippen LogP contribution in [0.25, 0.3) is 11.0 Å². The van der Waals surface area contributed by atoms with E-state index in [2.05, 4.69) is 4.90 Å². The first-order chi connectivity index (χ1) is 13.1. The minimum atomic E-state index is -0.418. The minimum Gasteiger partial charge on any atom is -0.507 e. The largest absolute Gasteiger partial charge is 0.507 e. The lowest BCUT2D eigenvalue weighted by Gasteiger charge is -2.42. The molecule has 2 aliphatic rings. The van der Waals surface area contributed by atoms with Crippen LogP contribution in [0, 0.1) is 5.92 Å². The van der Waals surface area contributed by atoms with Gasteiger partial charge in [-0.2, -0.15) is 0 Å². The molecule has 2 aliphatic heterocycles. The average Bonchev–Trinajstić information content (AvgIpc) is 2.65. The summed E-state index contributed by atoms with van der Waals surface area (Å²) in [7, 11) is 0. The number of hydrogen-bond acceptors (Lipinski definition) is 5. The fourth-order valence-corrected chi connectivity index (χ4v) is 4.68. The Bertz CT molecular complexity index is 1150. The highest BCUT2D eigenvalue weighted by molar-refractivity contribution is 5.81. The summed E-state index contributed by atoms with van der Waals surface area (Å²) in [5, 5.41) is 11.2. The molecule has 0 radical (unpaired) electrons. The van der Waals surface area contributed by atoms with E-state index >= 15 is 0 Å². The van der Waals surface area contributed by atoms with E-state index in [1.807, 2.05) is 16.7 Å². The number of pyridine rings is 1. The zero-order chi connectivity index (χ0) is 18.5. The van der Waals surface area contributed by atoms with Crippen molar-refractivity contribution in [3.05, 3.63) is 74.5 Å². The van der Waals surface area contributed by atoms with Crippen LogP contribution in [0.1, 0.15) is 23.6 Å². The number of benzene rings is 1. The molecule has 2 aromatic heterocycles.